The van der Waals surface area contributed by atoms with E-state index in [0.717, 1.165) is 26.1 Å². The van der Waals surface area contributed by atoms with Crippen molar-refractivity contribution in [1.29, 1.82) is 0 Å². The zero-order valence-corrected chi connectivity index (χ0v) is 20.0. The Morgan fingerprint density at radius 1 is 0.600 bits per heavy atom. The molecule has 0 saturated heterocycles. The molecule has 0 unspecified atom stereocenters. The summed E-state index contributed by atoms with van der Waals surface area (Å²) in [5.41, 5.74) is 1.78. The van der Waals surface area contributed by atoms with Crippen molar-refractivity contribution in [3.63, 3.8) is 0 Å². The molecule has 0 fully saturated rings. The van der Waals surface area contributed by atoms with Crippen LogP contribution in [0.4, 0.5) is 0 Å². The summed E-state index contributed by atoms with van der Waals surface area (Å²) < 4.78 is 5.59. The zero-order chi connectivity index (χ0) is 20.9. The van der Waals surface area contributed by atoms with Gasteiger partial charge in [0.1, 0.15) is 0 Å². The fourth-order valence-corrected chi connectivity index (χ4v) is 2.45. The van der Waals surface area contributed by atoms with Crippen LogP contribution < -0.4 is 0 Å². The summed E-state index contributed by atoms with van der Waals surface area (Å²) >= 11 is 0. The second kappa shape index (κ2) is 12.8. The molecule has 0 radical (unpaired) electrons. The van der Waals surface area contributed by atoms with Gasteiger partial charge in [0.2, 0.25) is 0 Å². The first-order valence-corrected chi connectivity index (χ1v) is 9.78. The highest BCUT2D eigenvalue weighted by Crippen LogP contribution is 2.31. The van der Waals surface area contributed by atoms with Crippen LogP contribution in [-0.4, -0.2) is 13.2 Å². The molecule has 0 aromatic carbocycles. The first kappa shape index (κ1) is 29.3. The van der Waals surface area contributed by atoms with E-state index in [-0.39, 0.29) is 0 Å². The summed E-state index contributed by atoms with van der Waals surface area (Å²) in [7, 11) is 0. The Hall–Kier alpha value is -0.480. The first-order chi connectivity index (χ1) is 10.8. The van der Waals surface area contributed by atoms with Crippen molar-refractivity contribution >= 4 is 0 Å². The van der Waals surface area contributed by atoms with Gasteiger partial charge in [-0.05, 0) is 47.8 Å². The average Bonchev–Trinajstić information content (AvgIpc) is 2.21. The van der Waals surface area contributed by atoms with E-state index in [2.05, 4.69) is 95.4 Å². The fourth-order valence-electron chi connectivity index (χ4n) is 2.45. The molecule has 1 nitrogen and oxygen atoms in total. The Bertz CT molecular complexity index is 303. The minimum atomic E-state index is 0.404. The van der Waals surface area contributed by atoms with E-state index in [9.17, 15) is 0 Å². The van der Waals surface area contributed by atoms with Crippen LogP contribution in [0.1, 0.15) is 109 Å². The molecule has 0 aromatic rings. The molecule has 0 spiro atoms. The smallest absolute Gasteiger partial charge is 0.0471 e. The van der Waals surface area contributed by atoms with Crippen LogP contribution in [0.15, 0.2) is 0 Å². The maximum absolute atomic E-state index is 5.59. The molecule has 0 atom stereocenters. The van der Waals surface area contributed by atoms with Gasteiger partial charge in [-0.25, -0.2) is 0 Å². The summed E-state index contributed by atoms with van der Waals surface area (Å²) in [6, 6.07) is 0. The number of hydrogen-bond donors (Lipinski definition) is 0. The van der Waals surface area contributed by atoms with Crippen LogP contribution in [0.5, 0.6) is 0 Å². The van der Waals surface area contributed by atoms with Crippen molar-refractivity contribution in [2.45, 2.75) is 109 Å². The fraction of sp³-hybridized carbons (Fsp3) is 0.917. The van der Waals surface area contributed by atoms with Gasteiger partial charge in [0.25, 0.3) is 0 Å². The van der Waals surface area contributed by atoms with Crippen LogP contribution in [0.2, 0.25) is 0 Å². The lowest BCUT2D eigenvalue weighted by atomic mass is 9.78. The lowest BCUT2D eigenvalue weighted by Crippen LogP contribution is -2.16. The standard InChI is InChI=1S/C12H26O.C9H20.C3H4/c1-11(2,3)7-9-13-10-8-12(4,5)6;1-8(2,3)7-9(4,5)6;1-3-2/h7-10H2,1-6H3;7H2,1-6H3;1H,2H3. The predicted octanol–water partition coefficient (Wildman–Crippen LogP) is 7.98. The average molecular weight is 355 g/mol. The van der Waals surface area contributed by atoms with Gasteiger partial charge in [0.05, 0.1) is 0 Å². The van der Waals surface area contributed by atoms with Crippen molar-refractivity contribution in [2.75, 3.05) is 13.2 Å². The monoisotopic (exact) mass is 354 g/mol. The van der Waals surface area contributed by atoms with Gasteiger partial charge in [0, 0.05) is 13.2 Å². The van der Waals surface area contributed by atoms with E-state index in [1.54, 1.807) is 6.92 Å². The van der Waals surface area contributed by atoms with Crippen LogP contribution in [0, 0.1) is 34.0 Å². The maximum Gasteiger partial charge on any atom is 0.0471 e. The third-order valence-corrected chi connectivity index (χ3v) is 3.05. The van der Waals surface area contributed by atoms with Crippen LogP contribution in [-0.2, 0) is 4.74 Å². The molecule has 25 heavy (non-hydrogen) atoms. The number of terminal acetylenes is 1. The molecule has 0 aliphatic heterocycles. The van der Waals surface area contributed by atoms with Crippen molar-refractivity contribution in [1.82, 2.24) is 0 Å². The van der Waals surface area contributed by atoms with Gasteiger partial charge in [-0.2, -0.15) is 0 Å². The first-order valence-electron chi connectivity index (χ1n) is 9.78. The Kier molecular flexibility index (Phi) is 15.0. The molecule has 0 aliphatic carbocycles. The summed E-state index contributed by atoms with van der Waals surface area (Å²) in [4.78, 5) is 0. The normalized spacial score (nSPS) is 12.3. The second-order valence-electron chi connectivity index (χ2n) is 11.8. The van der Waals surface area contributed by atoms with E-state index in [1.807, 2.05) is 0 Å². The highest BCUT2D eigenvalue weighted by atomic mass is 16.5. The number of rotatable bonds is 4. The molecule has 0 bridgehead atoms. The predicted molar refractivity (Wildman–Crippen MR) is 117 cm³/mol. The summed E-state index contributed by atoms with van der Waals surface area (Å²) in [6.07, 6.45) is 8.19. The van der Waals surface area contributed by atoms with Gasteiger partial charge in [0.15, 0.2) is 0 Å². The molecular weight excluding hydrogens is 304 g/mol. The Morgan fingerprint density at radius 2 is 0.840 bits per heavy atom. The minimum absolute atomic E-state index is 0.404. The maximum atomic E-state index is 5.59. The molecule has 152 valence electrons. The topological polar surface area (TPSA) is 9.23 Å². The third-order valence-electron chi connectivity index (χ3n) is 3.05. The van der Waals surface area contributed by atoms with E-state index in [0.29, 0.717) is 21.7 Å². The quantitative estimate of drug-likeness (QED) is 0.367. The summed E-state index contributed by atoms with van der Waals surface area (Å²) in [6.45, 7) is 30.7. The van der Waals surface area contributed by atoms with E-state index < -0.39 is 0 Å². The summed E-state index contributed by atoms with van der Waals surface area (Å²) in [5.74, 6) is 2.25. The third kappa shape index (κ3) is 45.2. The Balaban J connectivity index is -0.000000350. The largest absolute Gasteiger partial charge is 0.381 e. The SMILES string of the molecule is C#CC.CC(C)(C)CC(C)(C)C.CC(C)(C)CCOCCC(C)(C)C. The van der Waals surface area contributed by atoms with Gasteiger partial charge in [-0.15, -0.1) is 12.3 Å². The number of hydrogen-bond acceptors (Lipinski definition) is 1. The van der Waals surface area contributed by atoms with Crippen LogP contribution in [0.25, 0.3) is 0 Å². The molecule has 0 aromatic heterocycles. The lowest BCUT2D eigenvalue weighted by Gasteiger charge is -2.28. The second-order valence-corrected chi connectivity index (χ2v) is 11.8. The molecule has 0 heterocycles. The molecule has 0 amide bonds. The summed E-state index contributed by atoms with van der Waals surface area (Å²) in [5, 5.41) is 0. The Morgan fingerprint density at radius 3 is 0.960 bits per heavy atom. The van der Waals surface area contributed by atoms with Crippen molar-refractivity contribution in [3.05, 3.63) is 0 Å². The molecule has 1 heteroatoms. The molecule has 0 rings (SSSR count). The van der Waals surface area contributed by atoms with Gasteiger partial charge in [-0.1, -0.05) is 83.1 Å². The highest BCUT2D eigenvalue weighted by Gasteiger charge is 2.20. The lowest BCUT2D eigenvalue weighted by molar-refractivity contribution is 0.0881. The van der Waals surface area contributed by atoms with Gasteiger partial charge in [-0.3, -0.25) is 0 Å². The van der Waals surface area contributed by atoms with E-state index in [4.69, 9.17) is 4.74 Å². The minimum Gasteiger partial charge on any atom is -0.381 e. The van der Waals surface area contributed by atoms with E-state index >= 15 is 0 Å². The molecule has 0 saturated carbocycles. The highest BCUT2D eigenvalue weighted by molar-refractivity contribution is 4.73. The zero-order valence-electron chi connectivity index (χ0n) is 20.0. The Labute approximate surface area is 161 Å². The molecule has 0 aliphatic rings. The van der Waals surface area contributed by atoms with Crippen LogP contribution >= 0.6 is 0 Å². The van der Waals surface area contributed by atoms with E-state index in [1.165, 1.54) is 6.42 Å². The van der Waals surface area contributed by atoms with Crippen molar-refractivity contribution in [2.24, 2.45) is 21.7 Å². The number of ether oxygens (including phenoxy) is 1. The van der Waals surface area contributed by atoms with Crippen molar-refractivity contribution in [3.8, 4) is 12.3 Å². The van der Waals surface area contributed by atoms with Gasteiger partial charge >= 0.3 is 0 Å². The van der Waals surface area contributed by atoms with Crippen molar-refractivity contribution < 1.29 is 4.74 Å². The van der Waals surface area contributed by atoms with Crippen LogP contribution in [0.3, 0.4) is 0 Å². The molecular formula is C24H50O. The molecule has 0 N–H and O–H groups in total. The van der Waals surface area contributed by atoms with Gasteiger partial charge < -0.3 is 4.74 Å².